The summed E-state index contributed by atoms with van der Waals surface area (Å²) in [7, 11) is 0. The minimum Gasteiger partial charge on any atom is -0.350 e. The van der Waals surface area contributed by atoms with Crippen LogP contribution in [0.3, 0.4) is 0 Å². The van der Waals surface area contributed by atoms with Crippen molar-refractivity contribution < 1.29 is 28.8 Å². The van der Waals surface area contributed by atoms with Crippen LogP contribution in [0, 0.1) is 22.7 Å². The van der Waals surface area contributed by atoms with Gasteiger partial charge in [0.1, 0.15) is 18.1 Å². The summed E-state index contributed by atoms with van der Waals surface area (Å²) in [6, 6.07) is -4.57. The van der Waals surface area contributed by atoms with Gasteiger partial charge in [0.25, 0.3) is 5.91 Å². The number of hydrogen-bond acceptors (Lipinski definition) is 6. The molecule has 1 rings (SSSR count). The van der Waals surface area contributed by atoms with Crippen molar-refractivity contribution in [2.24, 2.45) is 22.7 Å². The van der Waals surface area contributed by atoms with Crippen molar-refractivity contribution in [3.8, 4) is 0 Å². The normalized spacial score (nSPS) is 18.9. The van der Waals surface area contributed by atoms with Crippen LogP contribution in [0.1, 0.15) is 109 Å². The highest BCUT2D eigenvalue weighted by molar-refractivity contribution is 6.38. The molecule has 0 bridgehead atoms. The molecule has 0 aromatic carbocycles. The van der Waals surface area contributed by atoms with Crippen LogP contribution >= 0.6 is 0 Å². The number of amides is 6. The van der Waals surface area contributed by atoms with E-state index in [1.54, 1.807) is 0 Å². The number of carbonyl (C=O) groups is 6. The average molecular weight is 663 g/mol. The largest absolute Gasteiger partial charge is 0.350 e. The standard InChI is InChI=1S/C35H62N6O6/c1-14-16-17-23(25(42)29(44)36-18-15-2)37-28(43)24-19-22(21(3)4)20-41(24)31(46)27(34(8,9)10)39-32(47)38-26(33(5,6)7)30(45)40-35(11,12)13/h15,21-24,26-27H,2,14,16-20H2,1,3-13H3,(H,36,44)(H,37,43)(H,40,45)(H2,38,39,47)/t22-,23?,24+,26-,27-/m1/s1. The first-order valence-electron chi connectivity index (χ1n) is 16.9. The second-order valence-electron chi connectivity index (χ2n) is 16.3. The number of nitrogens with zero attached hydrogens (tertiary/aromatic N) is 1. The number of urea groups is 1. The van der Waals surface area contributed by atoms with Crippen molar-refractivity contribution in [3.05, 3.63) is 12.7 Å². The number of Topliss-reactive ketones (excluding diaryl/α,β-unsaturated/α-hetero) is 1. The molecule has 0 spiro atoms. The smallest absolute Gasteiger partial charge is 0.316 e. The molecule has 0 saturated carbocycles. The summed E-state index contributed by atoms with van der Waals surface area (Å²) >= 11 is 0. The fourth-order valence-electron chi connectivity index (χ4n) is 5.43. The van der Waals surface area contributed by atoms with Crippen LogP contribution in [0.2, 0.25) is 0 Å². The summed E-state index contributed by atoms with van der Waals surface area (Å²) in [6.07, 6.45) is 3.48. The maximum absolute atomic E-state index is 14.3. The van der Waals surface area contributed by atoms with Gasteiger partial charge in [-0.05, 0) is 56.3 Å². The molecule has 47 heavy (non-hydrogen) atoms. The second-order valence-corrected chi connectivity index (χ2v) is 16.3. The van der Waals surface area contributed by atoms with E-state index in [0.29, 0.717) is 12.8 Å². The Balaban J connectivity index is 3.35. The van der Waals surface area contributed by atoms with Crippen molar-refractivity contribution in [2.45, 2.75) is 138 Å². The lowest BCUT2D eigenvalue weighted by atomic mass is 9.85. The molecular formula is C35H62N6O6. The molecule has 5 atom stereocenters. The van der Waals surface area contributed by atoms with Crippen molar-refractivity contribution in [1.29, 1.82) is 0 Å². The number of unbranched alkanes of at least 4 members (excludes halogenated alkanes) is 1. The molecule has 1 aliphatic heterocycles. The van der Waals surface area contributed by atoms with Gasteiger partial charge < -0.3 is 31.5 Å². The molecule has 1 aliphatic rings. The van der Waals surface area contributed by atoms with Crippen LogP contribution in [0.25, 0.3) is 0 Å². The molecule has 1 saturated heterocycles. The van der Waals surface area contributed by atoms with Gasteiger partial charge in [0.05, 0.1) is 6.04 Å². The van der Waals surface area contributed by atoms with E-state index in [4.69, 9.17) is 0 Å². The number of likely N-dealkylation sites (tertiary alicyclic amines) is 1. The van der Waals surface area contributed by atoms with Gasteiger partial charge in [-0.2, -0.15) is 0 Å². The lowest BCUT2D eigenvalue weighted by molar-refractivity contribution is -0.143. The fraction of sp³-hybridized carbons (Fsp3) is 0.771. The third-order valence-corrected chi connectivity index (χ3v) is 8.26. The van der Waals surface area contributed by atoms with Crippen LogP contribution in [0.5, 0.6) is 0 Å². The zero-order valence-corrected chi connectivity index (χ0v) is 30.9. The fourth-order valence-corrected chi connectivity index (χ4v) is 5.43. The summed E-state index contributed by atoms with van der Waals surface area (Å²) in [5.41, 5.74) is -1.92. The molecule has 1 heterocycles. The van der Waals surface area contributed by atoms with Crippen LogP contribution in [0.15, 0.2) is 12.7 Å². The Morgan fingerprint density at radius 2 is 1.43 bits per heavy atom. The summed E-state index contributed by atoms with van der Waals surface area (Å²) in [5.74, 6) is -2.71. The summed E-state index contributed by atoms with van der Waals surface area (Å²) in [5, 5.41) is 13.8. The van der Waals surface area contributed by atoms with Crippen molar-refractivity contribution in [2.75, 3.05) is 13.1 Å². The molecule has 0 aliphatic carbocycles. The Hall–Kier alpha value is -3.44. The molecule has 1 unspecified atom stereocenters. The molecule has 6 amide bonds. The third-order valence-electron chi connectivity index (χ3n) is 8.26. The van der Waals surface area contributed by atoms with Crippen molar-refractivity contribution in [3.63, 3.8) is 0 Å². The maximum atomic E-state index is 14.3. The van der Waals surface area contributed by atoms with E-state index < -0.39 is 70.1 Å². The predicted molar refractivity (Wildman–Crippen MR) is 184 cm³/mol. The van der Waals surface area contributed by atoms with E-state index in [2.05, 4.69) is 33.2 Å². The van der Waals surface area contributed by atoms with Gasteiger partial charge in [-0.3, -0.25) is 24.0 Å². The van der Waals surface area contributed by atoms with Gasteiger partial charge in [0.2, 0.25) is 23.5 Å². The van der Waals surface area contributed by atoms with Crippen LogP contribution in [-0.4, -0.2) is 83.1 Å². The van der Waals surface area contributed by atoms with Gasteiger partial charge in [0.15, 0.2) is 0 Å². The molecule has 0 radical (unpaired) electrons. The van der Waals surface area contributed by atoms with Crippen LogP contribution in [-0.2, 0) is 24.0 Å². The van der Waals surface area contributed by atoms with E-state index in [0.717, 1.165) is 6.42 Å². The minimum atomic E-state index is -1.04. The van der Waals surface area contributed by atoms with Gasteiger partial charge in [-0.1, -0.05) is 81.2 Å². The van der Waals surface area contributed by atoms with Gasteiger partial charge in [-0.15, -0.1) is 6.58 Å². The maximum Gasteiger partial charge on any atom is 0.316 e. The monoisotopic (exact) mass is 662 g/mol. The lowest BCUT2D eigenvalue weighted by Gasteiger charge is -2.37. The summed E-state index contributed by atoms with van der Waals surface area (Å²) in [6.45, 7) is 26.5. The highest BCUT2D eigenvalue weighted by atomic mass is 16.2. The Labute approximate surface area is 282 Å². The Morgan fingerprint density at radius 3 is 1.89 bits per heavy atom. The molecule has 1 fully saturated rings. The minimum absolute atomic E-state index is 0.00352. The molecule has 12 heteroatoms. The van der Waals surface area contributed by atoms with Crippen molar-refractivity contribution in [1.82, 2.24) is 31.5 Å². The zero-order valence-electron chi connectivity index (χ0n) is 30.9. The highest BCUT2D eigenvalue weighted by Gasteiger charge is 2.46. The topological polar surface area (TPSA) is 166 Å². The SMILES string of the molecule is C=CCNC(=O)C(=O)C(CCCC)NC(=O)[C@@H]1C[C@@H](C(C)C)CN1C(=O)[C@@H](NC(=O)N[C@H](C(=O)NC(C)(C)C)C(C)(C)C)C(C)(C)C. The summed E-state index contributed by atoms with van der Waals surface area (Å²) < 4.78 is 0. The molecular weight excluding hydrogens is 600 g/mol. The first-order valence-corrected chi connectivity index (χ1v) is 16.9. The van der Waals surface area contributed by atoms with Gasteiger partial charge >= 0.3 is 6.03 Å². The number of hydrogen-bond donors (Lipinski definition) is 5. The molecule has 5 N–H and O–H groups in total. The summed E-state index contributed by atoms with van der Waals surface area (Å²) in [4.78, 5) is 81.7. The zero-order chi connectivity index (χ0) is 36.5. The number of rotatable bonds is 14. The third kappa shape index (κ3) is 12.9. The first kappa shape index (κ1) is 41.6. The lowest BCUT2D eigenvalue weighted by Crippen LogP contribution is -2.63. The quantitative estimate of drug-likeness (QED) is 0.141. The van der Waals surface area contributed by atoms with E-state index in [1.807, 2.05) is 83.1 Å². The number of ketones is 1. The molecule has 268 valence electrons. The number of carbonyl (C=O) groups excluding carboxylic acids is 6. The Bertz CT molecular complexity index is 1150. The predicted octanol–water partition coefficient (Wildman–Crippen LogP) is 3.45. The van der Waals surface area contributed by atoms with Crippen molar-refractivity contribution >= 4 is 35.4 Å². The molecule has 0 aromatic rings. The van der Waals surface area contributed by atoms with E-state index in [9.17, 15) is 28.8 Å². The highest BCUT2D eigenvalue weighted by Crippen LogP contribution is 2.32. The Kier molecular flexibility index (Phi) is 15.1. The van der Waals surface area contributed by atoms with Gasteiger partial charge in [-0.25, -0.2) is 4.79 Å². The number of nitrogens with one attached hydrogen (secondary N) is 5. The Morgan fingerprint density at radius 1 is 0.872 bits per heavy atom. The average Bonchev–Trinajstić information content (AvgIpc) is 3.38. The first-order chi connectivity index (χ1) is 21.4. The van der Waals surface area contributed by atoms with Crippen LogP contribution < -0.4 is 26.6 Å². The van der Waals surface area contributed by atoms with E-state index in [-0.39, 0.29) is 37.3 Å². The van der Waals surface area contributed by atoms with E-state index >= 15 is 0 Å². The van der Waals surface area contributed by atoms with Gasteiger partial charge in [0, 0.05) is 18.6 Å². The molecule has 12 nitrogen and oxygen atoms in total. The van der Waals surface area contributed by atoms with Crippen LogP contribution in [0.4, 0.5) is 4.79 Å². The van der Waals surface area contributed by atoms with E-state index in [1.165, 1.54) is 11.0 Å². The second kappa shape index (κ2) is 17.1. The molecule has 0 aromatic heterocycles.